The molecule has 4 nitrogen and oxygen atoms in total. The molecule has 0 bridgehead atoms. The van der Waals surface area contributed by atoms with Gasteiger partial charge in [-0.15, -0.1) is 0 Å². The lowest BCUT2D eigenvalue weighted by Crippen LogP contribution is -2.30. The van der Waals surface area contributed by atoms with E-state index in [0.29, 0.717) is 17.9 Å². The van der Waals surface area contributed by atoms with Gasteiger partial charge in [-0.25, -0.2) is 4.39 Å². The van der Waals surface area contributed by atoms with Gasteiger partial charge in [0.2, 0.25) is 0 Å². The Hall–Kier alpha value is -2.17. The molecule has 0 saturated carbocycles. The Bertz CT molecular complexity index is 653. The zero-order chi connectivity index (χ0) is 14.8. The Morgan fingerprint density at radius 1 is 1.48 bits per heavy atom. The van der Waals surface area contributed by atoms with Crippen molar-refractivity contribution < 1.29 is 13.7 Å². The first kappa shape index (κ1) is 13.8. The van der Waals surface area contributed by atoms with Gasteiger partial charge < -0.3 is 9.42 Å². The Morgan fingerprint density at radius 3 is 3.05 bits per heavy atom. The third-order valence-electron chi connectivity index (χ3n) is 3.85. The van der Waals surface area contributed by atoms with Crippen molar-refractivity contribution in [2.24, 2.45) is 0 Å². The SMILES string of the molecule is CCc1cc(C2CCCN2C(=O)c2cccc(F)c2)on1. The van der Waals surface area contributed by atoms with Crippen molar-refractivity contribution in [2.75, 3.05) is 6.54 Å². The summed E-state index contributed by atoms with van der Waals surface area (Å²) in [6.07, 6.45) is 2.56. The highest BCUT2D eigenvalue weighted by atomic mass is 19.1. The van der Waals surface area contributed by atoms with Crippen molar-refractivity contribution in [3.63, 3.8) is 0 Å². The fourth-order valence-electron chi connectivity index (χ4n) is 2.74. The van der Waals surface area contributed by atoms with E-state index >= 15 is 0 Å². The fourth-order valence-corrected chi connectivity index (χ4v) is 2.74. The van der Waals surface area contributed by atoms with Crippen molar-refractivity contribution in [1.82, 2.24) is 10.1 Å². The van der Waals surface area contributed by atoms with Gasteiger partial charge in [-0.3, -0.25) is 4.79 Å². The van der Waals surface area contributed by atoms with Crippen LogP contribution < -0.4 is 0 Å². The van der Waals surface area contributed by atoms with E-state index in [2.05, 4.69) is 5.16 Å². The Morgan fingerprint density at radius 2 is 2.33 bits per heavy atom. The second kappa shape index (κ2) is 5.68. The molecule has 1 aliphatic heterocycles. The highest BCUT2D eigenvalue weighted by molar-refractivity contribution is 5.94. The van der Waals surface area contributed by atoms with Crippen LogP contribution in [0.15, 0.2) is 34.9 Å². The van der Waals surface area contributed by atoms with Crippen LogP contribution in [0.1, 0.15) is 47.6 Å². The predicted octanol–water partition coefficient (Wildman–Crippen LogP) is 3.35. The van der Waals surface area contributed by atoms with Gasteiger partial charge >= 0.3 is 0 Å². The second-order valence-electron chi connectivity index (χ2n) is 5.24. The predicted molar refractivity (Wildman–Crippen MR) is 75.3 cm³/mol. The third kappa shape index (κ3) is 2.68. The molecule has 5 heteroatoms. The average Bonchev–Trinajstić information content (AvgIpc) is 3.14. The minimum Gasteiger partial charge on any atom is -0.359 e. The van der Waals surface area contributed by atoms with Crippen LogP contribution in [-0.2, 0) is 6.42 Å². The molecule has 2 heterocycles. The van der Waals surface area contributed by atoms with Gasteiger partial charge in [0.1, 0.15) is 5.82 Å². The van der Waals surface area contributed by atoms with E-state index in [1.165, 1.54) is 12.1 Å². The van der Waals surface area contributed by atoms with Gasteiger partial charge in [0.25, 0.3) is 5.91 Å². The molecule has 1 atom stereocenters. The van der Waals surface area contributed by atoms with E-state index in [9.17, 15) is 9.18 Å². The van der Waals surface area contributed by atoms with Gasteiger partial charge in [0.05, 0.1) is 11.7 Å². The molecule has 0 radical (unpaired) electrons. The monoisotopic (exact) mass is 288 g/mol. The maximum absolute atomic E-state index is 13.3. The van der Waals surface area contributed by atoms with Gasteiger partial charge in [-0.05, 0) is 37.5 Å². The molecule has 3 rings (SSSR count). The summed E-state index contributed by atoms with van der Waals surface area (Å²) in [7, 11) is 0. The number of aromatic nitrogens is 1. The van der Waals surface area contributed by atoms with Gasteiger partial charge in [-0.2, -0.15) is 0 Å². The summed E-state index contributed by atoms with van der Waals surface area (Å²) < 4.78 is 18.6. The number of halogens is 1. The van der Waals surface area contributed by atoms with Crippen molar-refractivity contribution >= 4 is 5.91 Å². The number of carbonyl (C=O) groups excluding carboxylic acids is 1. The standard InChI is InChI=1S/C16H17FN2O2/c1-2-13-10-15(21-18-13)14-7-4-8-19(14)16(20)11-5-3-6-12(17)9-11/h3,5-6,9-10,14H,2,4,7-8H2,1H3. The molecule has 1 unspecified atom stereocenters. The van der Waals surface area contributed by atoms with Crippen LogP contribution in [0.25, 0.3) is 0 Å². The van der Waals surface area contributed by atoms with Crippen molar-refractivity contribution in [1.29, 1.82) is 0 Å². The number of benzene rings is 1. The summed E-state index contributed by atoms with van der Waals surface area (Å²) in [5.74, 6) is 0.157. The first-order chi connectivity index (χ1) is 10.2. The lowest BCUT2D eigenvalue weighted by molar-refractivity contribution is 0.0714. The molecule has 0 N–H and O–H groups in total. The van der Waals surface area contributed by atoms with Crippen LogP contribution in [0.5, 0.6) is 0 Å². The highest BCUT2D eigenvalue weighted by Crippen LogP contribution is 2.33. The lowest BCUT2D eigenvalue weighted by atomic mass is 10.1. The van der Waals surface area contributed by atoms with Crippen molar-refractivity contribution in [3.8, 4) is 0 Å². The minimum atomic E-state index is -0.399. The minimum absolute atomic E-state index is 0.103. The van der Waals surface area contributed by atoms with Gasteiger partial charge in [-0.1, -0.05) is 18.1 Å². The number of carbonyl (C=O) groups is 1. The topological polar surface area (TPSA) is 46.3 Å². The Kier molecular flexibility index (Phi) is 3.73. The number of likely N-dealkylation sites (tertiary alicyclic amines) is 1. The smallest absolute Gasteiger partial charge is 0.254 e. The molecule has 1 fully saturated rings. The van der Waals surface area contributed by atoms with Crippen molar-refractivity contribution in [3.05, 3.63) is 53.2 Å². The number of hydrogen-bond acceptors (Lipinski definition) is 3. The molecule has 1 aliphatic rings. The molecule has 21 heavy (non-hydrogen) atoms. The molecule has 110 valence electrons. The fraction of sp³-hybridized carbons (Fsp3) is 0.375. The Balaban J connectivity index is 1.85. The summed E-state index contributed by atoms with van der Waals surface area (Å²) >= 11 is 0. The maximum atomic E-state index is 13.3. The van der Waals surface area contributed by atoms with Crippen LogP contribution in [0.3, 0.4) is 0 Å². The first-order valence-corrected chi connectivity index (χ1v) is 7.21. The summed E-state index contributed by atoms with van der Waals surface area (Å²) in [6, 6.07) is 7.60. The van der Waals surface area contributed by atoms with Crippen LogP contribution >= 0.6 is 0 Å². The quantitative estimate of drug-likeness (QED) is 0.870. The summed E-state index contributed by atoms with van der Waals surface area (Å²) in [6.45, 7) is 2.66. The number of amides is 1. The molecule has 0 aliphatic carbocycles. The largest absolute Gasteiger partial charge is 0.359 e. The van der Waals surface area contributed by atoms with Crippen LogP contribution in [0.2, 0.25) is 0 Å². The molecule has 0 spiro atoms. The molecule has 1 aromatic heterocycles. The van der Waals surface area contributed by atoms with Gasteiger partial charge in [0.15, 0.2) is 5.76 Å². The highest BCUT2D eigenvalue weighted by Gasteiger charge is 2.33. The van der Waals surface area contributed by atoms with E-state index < -0.39 is 5.82 Å². The zero-order valence-electron chi connectivity index (χ0n) is 11.9. The zero-order valence-corrected chi connectivity index (χ0v) is 11.9. The van der Waals surface area contributed by atoms with E-state index in [0.717, 1.165) is 25.0 Å². The molecular formula is C16H17FN2O2. The normalized spacial score (nSPS) is 18.2. The van der Waals surface area contributed by atoms with Crippen molar-refractivity contribution in [2.45, 2.75) is 32.2 Å². The number of hydrogen-bond donors (Lipinski definition) is 0. The number of nitrogens with zero attached hydrogens (tertiary/aromatic N) is 2. The van der Waals surface area contributed by atoms with Crippen LogP contribution in [0.4, 0.5) is 4.39 Å². The van der Waals surface area contributed by atoms with Crippen LogP contribution in [0, 0.1) is 5.82 Å². The van der Waals surface area contributed by atoms with E-state index in [4.69, 9.17) is 4.52 Å². The average molecular weight is 288 g/mol. The lowest BCUT2D eigenvalue weighted by Gasteiger charge is -2.22. The third-order valence-corrected chi connectivity index (χ3v) is 3.85. The molecular weight excluding hydrogens is 271 g/mol. The number of rotatable bonds is 3. The maximum Gasteiger partial charge on any atom is 0.254 e. The molecule has 1 aromatic carbocycles. The summed E-state index contributed by atoms with van der Waals surface area (Å²) in [4.78, 5) is 14.3. The van der Waals surface area contributed by atoms with E-state index in [1.54, 1.807) is 17.0 Å². The number of aryl methyl sites for hydroxylation is 1. The van der Waals surface area contributed by atoms with E-state index in [1.807, 2.05) is 13.0 Å². The van der Waals surface area contributed by atoms with E-state index in [-0.39, 0.29) is 11.9 Å². The molecule has 1 amide bonds. The first-order valence-electron chi connectivity index (χ1n) is 7.21. The molecule has 2 aromatic rings. The Labute approximate surface area is 122 Å². The molecule has 1 saturated heterocycles. The summed E-state index contributed by atoms with van der Waals surface area (Å²) in [5.41, 5.74) is 1.26. The summed E-state index contributed by atoms with van der Waals surface area (Å²) in [5, 5.41) is 3.99. The van der Waals surface area contributed by atoms with Crippen LogP contribution in [-0.4, -0.2) is 22.5 Å². The van der Waals surface area contributed by atoms with Gasteiger partial charge in [0, 0.05) is 18.2 Å². The second-order valence-corrected chi connectivity index (χ2v) is 5.24.